The van der Waals surface area contributed by atoms with Gasteiger partial charge in [0.25, 0.3) is 0 Å². The molecular formula is C17H23BrF2N2O2. The van der Waals surface area contributed by atoms with Gasteiger partial charge in [0.15, 0.2) is 0 Å². The Balaban J connectivity index is 2.01. The number of amides is 1. The average molecular weight is 405 g/mol. The zero-order valence-corrected chi connectivity index (χ0v) is 16.0. The molecule has 0 saturated carbocycles. The van der Waals surface area contributed by atoms with Crippen molar-refractivity contribution >= 4 is 22.0 Å². The van der Waals surface area contributed by atoms with Crippen molar-refractivity contribution < 1.29 is 18.3 Å². The van der Waals surface area contributed by atoms with Gasteiger partial charge in [-0.3, -0.25) is 4.90 Å². The topological polar surface area (TPSA) is 32.8 Å². The second-order valence-electron chi connectivity index (χ2n) is 7.08. The lowest BCUT2D eigenvalue weighted by Crippen LogP contribution is -2.54. The first-order valence-electron chi connectivity index (χ1n) is 7.93. The van der Waals surface area contributed by atoms with Gasteiger partial charge in [0, 0.05) is 37.8 Å². The Hall–Kier alpha value is -1.21. The smallest absolute Gasteiger partial charge is 0.410 e. The van der Waals surface area contributed by atoms with Gasteiger partial charge in [-0.1, -0.05) is 0 Å². The minimum absolute atomic E-state index is 0.0657. The first-order chi connectivity index (χ1) is 11.1. The summed E-state index contributed by atoms with van der Waals surface area (Å²) in [4.78, 5) is 15.9. The van der Waals surface area contributed by atoms with E-state index in [4.69, 9.17) is 4.74 Å². The molecule has 1 fully saturated rings. The molecule has 2 rings (SSSR count). The molecule has 0 unspecified atom stereocenters. The predicted molar refractivity (Wildman–Crippen MR) is 91.7 cm³/mol. The van der Waals surface area contributed by atoms with Crippen molar-refractivity contribution in [3.05, 3.63) is 33.8 Å². The maximum Gasteiger partial charge on any atom is 0.410 e. The number of halogens is 3. The highest BCUT2D eigenvalue weighted by Gasteiger charge is 2.31. The zero-order chi connectivity index (χ0) is 18.1. The van der Waals surface area contributed by atoms with Crippen LogP contribution in [0.4, 0.5) is 13.6 Å². The first kappa shape index (κ1) is 19.1. The molecule has 0 radical (unpaired) electrons. The molecule has 0 aromatic heterocycles. The van der Waals surface area contributed by atoms with Gasteiger partial charge in [-0.25, -0.2) is 13.6 Å². The van der Waals surface area contributed by atoms with Crippen LogP contribution in [0, 0.1) is 11.6 Å². The quantitative estimate of drug-likeness (QED) is 0.693. The normalized spacial score (nSPS) is 19.5. The van der Waals surface area contributed by atoms with Crippen LogP contribution >= 0.6 is 15.9 Å². The highest BCUT2D eigenvalue weighted by atomic mass is 79.9. The van der Waals surface area contributed by atoms with Gasteiger partial charge in [-0.05, 0) is 55.8 Å². The second-order valence-corrected chi connectivity index (χ2v) is 7.87. The summed E-state index contributed by atoms with van der Waals surface area (Å²) in [6.45, 7) is 9.34. The Labute approximate surface area is 149 Å². The minimum Gasteiger partial charge on any atom is -0.444 e. The highest BCUT2D eigenvalue weighted by molar-refractivity contribution is 9.10. The number of piperazine rings is 1. The molecule has 24 heavy (non-hydrogen) atoms. The molecule has 1 aliphatic rings. The van der Waals surface area contributed by atoms with E-state index in [9.17, 15) is 13.6 Å². The fourth-order valence-electron chi connectivity index (χ4n) is 2.71. The van der Waals surface area contributed by atoms with Gasteiger partial charge >= 0.3 is 6.09 Å². The van der Waals surface area contributed by atoms with Crippen molar-refractivity contribution in [3.8, 4) is 0 Å². The van der Waals surface area contributed by atoms with E-state index in [1.165, 1.54) is 0 Å². The maximum atomic E-state index is 14.0. The molecule has 1 amide bonds. The van der Waals surface area contributed by atoms with Gasteiger partial charge in [-0.2, -0.15) is 0 Å². The molecule has 0 spiro atoms. The minimum atomic E-state index is -0.538. The van der Waals surface area contributed by atoms with Crippen molar-refractivity contribution in [2.75, 3.05) is 19.6 Å². The molecule has 4 nitrogen and oxygen atoms in total. The molecule has 1 atom stereocenters. The number of ether oxygens (including phenoxy) is 1. The van der Waals surface area contributed by atoms with E-state index in [0.717, 1.165) is 12.1 Å². The van der Waals surface area contributed by atoms with Gasteiger partial charge in [0.1, 0.15) is 17.2 Å². The Bertz CT molecular complexity index is 619. The summed E-state index contributed by atoms with van der Waals surface area (Å²) in [5.74, 6) is -0.919. The second kappa shape index (κ2) is 7.35. The fourth-order valence-corrected chi connectivity index (χ4v) is 3.15. The lowest BCUT2D eigenvalue weighted by molar-refractivity contribution is 0.000410. The van der Waals surface area contributed by atoms with Gasteiger partial charge in [-0.15, -0.1) is 0 Å². The summed E-state index contributed by atoms with van der Waals surface area (Å²) in [5.41, 5.74) is -0.239. The average Bonchev–Trinajstić information content (AvgIpc) is 2.46. The van der Waals surface area contributed by atoms with Crippen molar-refractivity contribution in [2.24, 2.45) is 0 Å². The van der Waals surface area contributed by atoms with E-state index in [1.54, 1.807) is 4.90 Å². The molecule has 1 aromatic rings. The van der Waals surface area contributed by atoms with Crippen LogP contribution in [-0.2, 0) is 11.3 Å². The van der Waals surface area contributed by atoms with Gasteiger partial charge in [0.05, 0.1) is 4.47 Å². The van der Waals surface area contributed by atoms with Crippen molar-refractivity contribution in [2.45, 2.75) is 45.9 Å². The Morgan fingerprint density at radius 3 is 2.50 bits per heavy atom. The molecule has 1 aromatic carbocycles. The molecule has 1 aliphatic heterocycles. The van der Waals surface area contributed by atoms with E-state index in [2.05, 4.69) is 15.9 Å². The molecule has 0 aliphatic carbocycles. The summed E-state index contributed by atoms with van der Waals surface area (Å²) in [5, 5.41) is 0. The third-order valence-electron chi connectivity index (χ3n) is 3.86. The third kappa shape index (κ3) is 4.66. The van der Waals surface area contributed by atoms with Gasteiger partial charge in [0.2, 0.25) is 0 Å². The van der Waals surface area contributed by atoms with Crippen LogP contribution in [0.3, 0.4) is 0 Å². The number of hydrogen-bond acceptors (Lipinski definition) is 3. The molecule has 134 valence electrons. The third-order valence-corrected chi connectivity index (χ3v) is 4.72. The van der Waals surface area contributed by atoms with E-state index in [1.807, 2.05) is 32.6 Å². The summed E-state index contributed by atoms with van der Waals surface area (Å²) in [7, 11) is 0. The largest absolute Gasteiger partial charge is 0.444 e. The van der Waals surface area contributed by atoms with Crippen LogP contribution in [0.25, 0.3) is 0 Å². The SMILES string of the molecule is C[C@H]1CN(Cc2c(F)ccc(F)c2Br)CCN1C(=O)OC(C)(C)C. The molecular weight excluding hydrogens is 382 g/mol. The molecule has 7 heteroatoms. The number of carbonyl (C=O) groups excluding carboxylic acids is 1. The van der Waals surface area contributed by atoms with Crippen LogP contribution in [-0.4, -0.2) is 47.2 Å². The molecule has 1 heterocycles. The summed E-state index contributed by atoms with van der Waals surface area (Å²) < 4.78 is 33.1. The van der Waals surface area contributed by atoms with Gasteiger partial charge < -0.3 is 9.64 Å². The Kier molecular flexibility index (Phi) is 5.86. The molecule has 1 saturated heterocycles. The summed E-state index contributed by atoms with van der Waals surface area (Å²) in [6.07, 6.45) is -0.340. The van der Waals surface area contributed by atoms with E-state index in [-0.39, 0.29) is 23.2 Å². The van der Waals surface area contributed by atoms with E-state index in [0.29, 0.717) is 25.2 Å². The molecule has 0 bridgehead atoms. The van der Waals surface area contributed by atoms with E-state index < -0.39 is 17.2 Å². The number of carbonyl (C=O) groups is 1. The first-order valence-corrected chi connectivity index (χ1v) is 8.72. The number of rotatable bonds is 2. The van der Waals surface area contributed by atoms with Crippen molar-refractivity contribution in [1.29, 1.82) is 0 Å². The lowest BCUT2D eigenvalue weighted by atomic mass is 10.1. The summed E-state index contributed by atoms with van der Waals surface area (Å²) in [6, 6.07) is 2.17. The van der Waals surface area contributed by atoms with Crippen LogP contribution in [0.2, 0.25) is 0 Å². The van der Waals surface area contributed by atoms with Crippen molar-refractivity contribution in [3.63, 3.8) is 0 Å². The Morgan fingerprint density at radius 1 is 1.29 bits per heavy atom. The Morgan fingerprint density at radius 2 is 1.92 bits per heavy atom. The number of hydrogen-bond donors (Lipinski definition) is 0. The summed E-state index contributed by atoms with van der Waals surface area (Å²) >= 11 is 3.11. The lowest BCUT2D eigenvalue weighted by Gasteiger charge is -2.40. The molecule has 0 N–H and O–H groups in total. The van der Waals surface area contributed by atoms with Crippen molar-refractivity contribution in [1.82, 2.24) is 9.80 Å². The number of nitrogens with zero attached hydrogens (tertiary/aromatic N) is 2. The van der Waals surface area contributed by atoms with Crippen LogP contribution < -0.4 is 0 Å². The van der Waals surface area contributed by atoms with Crippen LogP contribution in [0.15, 0.2) is 16.6 Å². The predicted octanol–water partition coefficient (Wildman–Crippen LogP) is 4.17. The fraction of sp³-hybridized carbons (Fsp3) is 0.588. The zero-order valence-electron chi connectivity index (χ0n) is 14.4. The monoisotopic (exact) mass is 404 g/mol. The van der Waals surface area contributed by atoms with E-state index >= 15 is 0 Å². The van der Waals surface area contributed by atoms with Crippen LogP contribution in [0.5, 0.6) is 0 Å². The standard InChI is InChI=1S/C17H23BrF2N2O2/c1-11-9-21(7-8-22(11)16(23)24-17(2,3)4)10-12-13(19)5-6-14(20)15(12)18/h5-6,11H,7-10H2,1-4H3/t11-/m0/s1. The van der Waals surface area contributed by atoms with Crippen LogP contribution in [0.1, 0.15) is 33.3 Å². The highest BCUT2D eigenvalue weighted by Crippen LogP contribution is 2.26. The maximum absolute atomic E-state index is 14.0. The number of benzene rings is 1.